The summed E-state index contributed by atoms with van der Waals surface area (Å²) in [5.41, 5.74) is 0. The Morgan fingerprint density at radius 1 is 1.00 bits per heavy atom. The van der Waals surface area contributed by atoms with Crippen molar-refractivity contribution in [2.75, 3.05) is 14.1 Å². The Kier molecular flexibility index (Phi) is 8.06. The quantitative estimate of drug-likeness (QED) is 0.487. The standard InChI is InChI=1S/C13H29NO3S/c1-5-7-8-9-10-11-12-13(6-2,14(3)4)18(15,16)17/h5-12H2,1-4H3,(H,15,16,17). The monoisotopic (exact) mass is 279 g/mol. The van der Waals surface area contributed by atoms with Gasteiger partial charge in [-0.25, -0.2) is 8.42 Å². The van der Waals surface area contributed by atoms with Gasteiger partial charge in [0.05, 0.1) is 14.1 Å². The molecule has 0 aromatic rings. The fourth-order valence-electron chi connectivity index (χ4n) is 2.52. The number of hydrogen-bond acceptors (Lipinski definition) is 3. The summed E-state index contributed by atoms with van der Waals surface area (Å²) in [5.74, 6) is 0. The predicted octanol–water partition coefficient (Wildman–Crippen LogP) is 1.53. The van der Waals surface area contributed by atoms with Crippen molar-refractivity contribution in [1.82, 2.24) is 0 Å². The Balaban J connectivity index is 4.37. The van der Waals surface area contributed by atoms with E-state index in [1.807, 2.05) is 0 Å². The van der Waals surface area contributed by atoms with Gasteiger partial charge in [-0.2, -0.15) is 0 Å². The van der Waals surface area contributed by atoms with Gasteiger partial charge in [0, 0.05) is 12.8 Å². The summed E-state index contributed by atoms with van der Waals surface area (Å²) in [6.07, 6.45) is 7.48. The second kappa shape index (κ2) is 8.12. The van der Waals surface area contributed by atoms with Crippen molar-refractivity contribution in [3.8, 4) is 0 Å². The third-order valence-electron chi connectivity index (χ3n) is 3.90. The van der Waals surface area contributed by atoms with Gasteiger partial charge < -0.3 is 9.45 Å². The van der Waals surface area contributed by atoms with E-state index < -0.39 is 15.0 Å². The molecular weight excluding hydrogens is 250 g/mol. The highest BCUT2D eigenvalue weighted by molar-refractivity contribution is 7.86. The zero-order valence-corrected chi connectivity index (χ0v) is 13.1. The summed E-state index contributed by atoms with van der Waals surface area (Å²) in [6.45, 7) is 3.96. The topological polar surface area (TPSA) is 61.6 Å². The third kappa shape index (κ3) is 4.86. The summed E-state index contributed by atoms with van der Waals surface area (Å²) in [6, 6.07) is 0. The molecule has 0 aliphatic heterocycles. The molecule has 1 atom stereocenters. The molecule has 0 aromatic carbocycles. The smallest absolute Gasteiger partial charge is 0.186 e. The molecule has 0 saturated heterocycles. The minimum absolute atomic E-state index is 0.385. The molecule has 0 aliphatic rings. The maximum Gasteiger partial charge on any atom is 0.186 e. The molecule has 4 nitrogen and oxygen atoms in total. The van der Waals surface area contributed by atoms with E-state index in [1.165, 1.54) is 19.3 Å². The van der Waals surface area contributed by atoms with Gasteiger partial charge in [-0.05, 0) is 6.42 Å². The minimum Gasteiger partial charge on any atom is -0.743 e. The predicted molar refractivity (Wildman–Crippen MR) is 73.5 cm³/mol. The van der Waals surface area contributed by atoms with Gasteiger partial charge in [0.2, 0.25) is 0 Å². The van der Waals surface area contributed by atoms with Gasteiger partial charge in [0.1, 0.15) is 0 Å². The Morgan fingerprint density at radius 3 is 1.89 bits per heavy atom. The maximum absolute atomic E-state index is 11.5. The van der Waals surface area contributed by atoms with Crippen molar-refractivity contribution < 1.29 is 17.9 Å². The molecule has 0 radical (unpaired) electrons. The Bertz CT molecular complexity index is 314. The van der Waals surface area contributed by atoms with E-state index in [-0.39, 0.29) is 0 Å². The lowest BCUT2D eigenvalue weighted by Crippen LogP contribution is -3.16. The highest BCUT2D eigenvalue weighted by atomic mass is 32.2. The second-order valence-corrected chi connectivity index (χ2v) is 7.01. The van der Waals surface area contributed by atoms with Crippen LogP contribution >= 0.6 is 0 Å². The summed E-state index contributed by atoms with van der Waals surface area (Å²) in [5, 5.41) is 0. The molecule has 1 N–H and O–H groups in total. The largest absolute Gasteiger partial charge is 0.743 e. The summed E-state index contributed by atoms with van der Waals surface area (Å²) in [4.78, 5) is -0.411. The van der Waals surface area contributed by atoms with Gasteiger partial charge in [0.15, 0.2) is 15.0 Å². The lowest BCUT2D eigenvalue weighted by atomic mass is 10.0. The molecule has 0 aliphatic carbocycles. The lowest BCUT2D eigenvalue weighted by molar-refractivity contribution is -0.899. The highest BCUT2D eigenvalue weighted by Crippen LogP contribution is 2.22. The van der Waals surface area contributed by atoms with Crippen LogP contribution in [0.5, 0.6) is 0 Å². The molecule has 0 bridgehead atoms. The van der Waals surface area contributed by atoms with E-state index in [2.05, 4.69) is 6.92 Å². The number of hydrogen-bond donors (Lipinski definition) is 1. The molecule has 0 rings (SSSR count). The Hall–Kier alpha value is -0.130. The number of nitrogens with one attached hydrogen (secondary N) is 1. The van der Waals surface area contributed by atoms with Gasteiger partial charge >= 0.3 is 0 Å². The molecule has 0 fully saturated rings. The van der Waals surface area contributed by atoms with Crippen molar-refractivity contribution in [3.05, 3.63) is 0 Å². The van der Waals surface area contributed by atoms with Crippen LogP contribution in [-0.2, 0) is 10.1 Å². The SMILES string of the molecule is CCCCCCCCC(CC)([NH+](C)C)S(=O)(=O)[O-]. The van der Waals surface area contributed by atoms with E-state index >= 15 is 0 Å². The lowest BCUT2D eigenvalue weighted by Gasteiger charge is -2.37. The number of unbranched alkanes of at least 4 members (excludes halogenated alkanes) is 5. The van der Waals surface area contributed by atoms with Crippen molar-refractivity contribution >= 4 is 10.1 Å². The molecule has 110 valence electrons. The van der Waals surface area contributed by atoms with E-state index in [0.717, 1.165) is 24.2 Å². The molecular formula is C13H29NO3S. The van der Waals surface area contributed by atoms with Gasteiger partial charge in [-0.1, -0.05) is 46.0 Å². The molecule has 0 heterocycles. The van der Waals surface area contributed by atoms with Crippen molar-refractivity contribution in [2.45, 2.75) is 70.1 Å². The van der Waals surface area contributed by atoms with Crippen molar-refractivity contribution in [3.63, 3.8) is 0 Å². The fraction of sp³-hybridized carbons (Fsp3) is 1.00. The highest BCUT2D eigenvalue weighted by Gasteiger charge is 2.41. The Morgan fingerprint density at radius 2 is 1.50 bits per heavy atom. The summed E-state index contributed by atoms with van der Waals surface area (Å²) >= 11 is 0. The van der Waals surface area contributed by atoms with Crippen LogP contribution in [0.2, 0.25) is 0 Å². The van der Waals surface area contributed by atoms with Crippen LogP contribution in [0, 0.1) is 0 Å². The molecule has 5 heteroatoms. The van der Waals surface area contributed by atoms with Gasteiger partial charge in [0.25, 0.3) is 0 Å². The average molecular weight is 279 g/mol. The normalized spacial score (nSPS) is 15.9. The van der Waals surface area contributed by atoms with Crippen LogP contribution in [-0.4, -0.2) is 31.9 Å². The van der Waals surface area contributed by atoms with Crippen LogP contribution in [0.4, 0.5) is 0 Å². The number of rotatable bonds is 10. The van der Waals surface area contributed by atoms with Crippen LogP contribution < -0.4 is 4.90 Å². The second-order valence-electron chi connectivity index (χ2n) is 5.32. The van der Waals surface area contributed by atoms with Crippen LogP contribution in [0.1, 0.15) is 65.2 Å². The van der Waals surface area contributed by atoms with Crippen molar-refractivity contribution in [1.29, 1.82) is 0 Å². The van der Waals surface area contributed by atoms with E-state index in [4.69, 9.17) is 0 Å². The van der Waals surface area contributed by atoms with Gasteiger partial charge in [-0.15, -0.1) is 0 Å². The van der Waals surface area contributed by atoms with E-state index in [1.54, 1.807) is 21.0 Å². The summed E-state index contributed by atoms with van der Waals surface area (Å²) in [7, 11) is -0.740. The van der Waals surface area contributed by atoms with Crippen LogP contribution in [0.15, 0.2) is 0 Å². The summed E-state index contributed by atoms with van der Waals surface area (Å²) < 4.78 is 34.5. The first-order valence-electron chi connectivity index (χ1n) is 7.08. The number of quaternary nitrogens is 1. The molecule has 0 saturated carbocycles. The molecule has 18 heavy (non-hydrogen) atoms. The first kappa shape index (κ1) is 17.9. The van der Waals surface area contributed by atoms with E-state index in [0.29, 0.717) is 12.8 Å². The van der Waals surface area contributed by atoms with Crippen molar-refractivity contribution in [2.24, 2.45) is 0 Å². The van der Waals surface area contributed by atoms with Crippen LogP contribution in [0.25, 0.3) is 0 Å². The third-order valence-corrected chi connectivity index (χ3v) is 5.75. The zero-order chi connectivity index (χ0) is 14.2. The molecule has 0 aromatic heterocycles. The maximum atomic E-state index is 11.5. The average Bonchev–Trinajstić information content (AvgIpc) is 2.26. The van der Waals surface area contributed by atoms with Gasteiger partial charge in [-0.3, -0.25) is 0 Å². The van der Waals surface area contributed by atoms with E-state index in [9.17, 15) is 13.0 Å². The minimum atomic E-state index is -4.26. The first-order chi connectivity index (χ1) is 8.31. The molecule has 0 amide bonds. The molecule has 1 unspecified atom stereocenters. The zero-order valence-electron chi connectivity index (χ0n) is 12.3. The molecule has 0 spiro atoms. The first-order valence-corrected chi connectivity index (χ1v) is 8.48. The fourth-order valence-corrected chi connectivity index (χ4v) is 3.77. The van der Waals surface area contributed by atoms with Crippen LogP contribution in [0.3, 0.4) is 0 Å². The Labute approximate surface area is 113 Å².